The van der Waals surface area contributed by atoms with Crippen molar-refractivity contribution in [3.63, 3.8) is 0 Å². The van der Waals surface area contributed by atoms with Gasteiger partial charge in [-0.25, -0.2) is 8.42 Å². The maximum Gasteiger partial charge on any atom is 0.232 e. The molecule has 5 nitrogen and oxygen atoms in total. The molecule has 1 heterocycles. The maximum absolute atomic E-state index is 11.9. The lowest BCUT2D eigenvalue weighted by atomic mass is 10.1. The van der Waals surface area contributed by atoms with Crippen LogP contribution in [0.25, 0.3) is 10.8 Å². The molecule has 0 saturated heterocycles. The third-order valence-electron chi connectivity index (χ3n) is 2.77. The molecule has 19 heavy (non-hydrogen) atoms. The van der Waals surface area contributed by atoms with E-state index in [1.54, 1.807) is 24.5 Å². The predicted molar refractivity (Wildman–Crippen MR) is 75.5 cm³/mol. The Labute approximate surface area is 112 Å². The van der Waals surface area contributed by atoms with Gasteiger partial charge in [0.1, 0.15) is 0 Å². The number of rotatable bonds is 6. The zero-order valence-corrected chi connectivity index (χ0v) is 11.2. The number of anilines is 1. The summed E-state index contributed by atoms with van der Waals surface area (Å²) in [6.45, 7) is 0.00765. The SMILES string of the molecule is O=S(=O)(CCCCO)Nc1cccc2ccncc12. The first-order valence-corrected chi connectivity index (χ1v) is 7.72. The molecule has 0 fully saturated rings. The molecule has 2 N–H and O–H groups in total. The molecular weight excluding hydrogens is 264 g/mol. The van der Waals surface area contributed by atoms with Crippen molar-refractivity contribution in [2.45, 2.75) is 12.8 Å². The smallest absolute Gasteiger partial charge is 0.232 e. The minimum Gasteiger partial charge on any atom is -0.396 e. The van der Waals surface area contributed by atoms with Gasteiger partial charge in [-0.2, -0.15) is 0 Å². The van der Waals surface area contributed by atoms with E-state index in [0.29, 0.717) is 18.5 Å². The Hall–Kier alpha value is -1.66. The van der Waals surface area contributed by atoms with Gasteiger partial charge in [-0.3, -0.25) is 9.71 Å². The number of nitrogens with zero attached hydrogens (tertiary/aromatic N) is 1. The number of aromatic nitrogens is 1. The number of aliphatic hydroxyl groups excluding tert-OH is 1. The third-order valence-corrected chi connectivity index (χ3v) is 4.13. The Morgan fingerprint density at radius 1 is 1.21 bits per heavy atom. The van der Waals surface area contributed by atoms with Crippen molar-refractivity contribution in [2.75, 3.05) is 17.1 Å². The molecule has 0 aliphatic carbocycles. The van der Waals surface area contributed by atoms with E-state index in [2.05, 4.69) is 9.71 Å². The van der Waals surface area contributed by atoms with E-state index < -0.39 is 10.0 Å². The van der Waals surface area contributed by atoms with Crippen LogP contribution in [-0.4, -0.2) is 30.9 Å². The van der Waals surface area contributed by atoms with E-state index in [9.17, 15) is 8.42 Å². The maximum atomic E-state index is 11.9. The summed E-state index contributed by atoms with van der Waals surface area (Å²) in [6.07, 6.45) is 4.23. The molecule has 0 aliphatic rings. The summed E-state index contributed by atoms with van der Waals surface area (Å²) >= 11 is 0. The van der Waals surface area contributed by atoms with Crippen LogP contribution in [-0.2, 0) is 10.0 Å². The first kappa shape index (κ1) is 13.8. The van der Waals surface area contributed by atoms with Gasteiger partial charge in [0, 0.05) is 24.4 Å². The van der Waals surface area contributed by atoms with Crippen LogP contribution in [0.1, 0.15) is 12.8 Å². The number of nitrogens with one attached hydrogen (secondary N) is 1. The second-order valence-corrected chi connectivity index (χ2v) is 6.10. The van der Waals surface area contributed by atoms with Crippen LogP contribution in [0.5, 0.6) is 0 Å². The fourth-order valence-electron chi connectivity index (χ4n) is 1.82. The van der Waals surface area contributed by atoms with Crippen molar-refractivity contribution in [3.8, 4) is 0 Å². The first-order chi connectivity index (χ1) is 9.12. The van der Waals surface area contributed by atoms with E-state index in [1.165, 1.54) is 0 Å². The highest BCUT2D eigenvalue weighted by molar-refractivity contribution is 7.92. The lowest BCUT2D eigenvalue weighted by molar-refractivity contribution is 0.287. The summed E-state index contributed by atoms with van der Waals surface area (Å²) in [6, 6.07) is 7.25. The lowest BCUT2D eigenvalue weighted by Gasteiger charge is -2.10. The van der Waals surface area contributed by atoms with Crippen molar-refractivity contribution < 1.29 is 13.5 Å². The third kappa shape index (κ3) is 3.65. The summed E-state index contributed by atoms with van der Waals surface area (Å²) in [4.78, 5) is 4.01. The van der Waals surface area contributed by atoms with Crippen molar-refractivity contribution in [1.82, 2.24) is 4.98 Å². The van der Waals surface area contributed by atoms with Gasteiger partial charge < -0.3 is 5.11 Å². The standard InChI is InChI=1S/C13H16N2O3S/c16-8-1-2-9-19(17,18)15-13-5-3-4-11-6-7-14-10-12(11)13/h3-7,10,15-16H,1-2,8-9H2. The molecule has 0 unspecified atom stereocenters. The number of benzene rings is 1. The molecular formula is C13H16N2O3S. The normalized spacial score (nSPS) is 11.6. The zero-order valence-electron chi connectivity index (χ0n) is 10.4. The molecule has 0 spiro atoms. The topological polar surface area (TPSA) is 79.3 Å². The average molecular weight is 280 g/mol. The molecule has 2 aromatic rings. The molecule has 1 aromatic heterocycles. The van der Waals surface area contributed by atoms with Crippen LogP contribution in [0.3, 0.4) is 0 Å². The number of sulfonamides is 1. The van der Waals surface area contributed by atoms with Crippen LogP contribution in [0, 0.1) is 0 Å². The van der Waals surface area contributed by atoms with E-state index in [4.69, 9.17) is 5.11 Å². The molecule has 0 amide bonds. The van der Waals surface area contributed by atoms with Crippen LogP contribution in [0.2, 0.25) is 0 Å². The summed E-state index contributed by atoms with van der Waals surface area (Å²) in [5.74, 6) is 0.00418. The Bertz CT molecular complexity index is 650. The summed E-state index contributed by atoms with van der Waals surface area (Å²) in [5, 5.41) is 10.4. The van der Waals surface area contributed by atoms with Gasteiger partial charge in [-0.05, 0) is 30.4 Å². The number of pyridine rings is 1. The first-order valence-electron chi connectivity index (χ1n) is 6.06. The second-order valence-electron chi connectivity index (χ2n) is 4.25. The van der Waals surface area contributed by atoms with Gasteiger partial charge >= 0.3 is 0 Å². The van der Waals surface area contributed by atoms with Gasteiger partial charge in [-0.15, -0.1) is 0 Å². The minimum atomic E-state index is -3.39. The van der Waals surface area contributed by atoms with E-state index in [1.807, 2.05) is 12.1 Å². The number of unbranched alkanes of at least 4 members (excludes halogenated alkanes) is 1. The molecule has 0 atom stereocenters. The van der Waals surface area contributed by atoms with E-state index in [-0.39, 0.29) is 12.4 Å². The molecule has 6 heteroatoms. The quantitative estimate of drug-likeness (QED) is 0.790. The fourth-order valence-corrected chi connectivity index (χ4v) is 3.02. The highest BCUT2D eigenvalue weighted by Crippen LogP contribution is 2.23. The van der Waals surface area contributed by atoms with Crippen molar-refractivity contribution >= 4 is 26.5 Å². The van der Waals surface area contributed by atoms with E-state index >= 15 is 0 Å². The van der Waals surface area contributed by atoms with Crippen LogP contribution in [0.4, 0.5) is 5.69 Å². The van der Waals surface area contributed by atoms with Gasteiger partial charge in [0.05, 0.1) is 11.4 Å². The monoisotopic (exact) mass is 280 g/mol. The van der Waals surface area contributed by atoms with Crippen LogP contribution >= 0.6 is 0 Å². The summed E-state index contributed by atoms with van der Waals surface area (Å²) in [5.41, 5.74) is 0.537. The van der Waals surface area contributed by atoms with Crippen LogP contribution < -0.4 is 4.72 Å². The van der Waals surface area contributed by atoms with Crippen molar-refractivity contribution in [3.05, 3.63) is 36.7 Å². The molecule has 0 saturated carbocycles. The molecule has 2 rings (SSSR count). The van der Waals surface area contributed by atoms with Gasteiger partial charge in [0.25, 0.3) is 0 Å². The molecule has 0 radical (unpaired) electrons. The highest BCUT2D eigenvalue weighted by atomic mass is 32.2. The number of aliphatic hydroxyl groups is 1. The number of hydrogen-bond acceptors (Lipinski definition) is 4. The van der Waals surface area contributed by atoms with E-state index in [0.717, 1.165) is 10.8 Å². The molecule has 102 valence electrons. The lowest BCUT2D eigenvalue weighted by Crippen LogP contribution is -2.17. The molecule has 1 aromatic carbocycles. The van der Waals surface area contributed by atoms with Crippen molar-refractivity contribution in [2.24, 2.45) is 0 Å². The average Bonchev–Trinajstić information content (AvgIpc) is 2.39. The molecule has 0 bridgehead atoms. The number of fused-ring (bicyclic) bond motifs is 1. The van der Waals surface area contributed by atoms with Crippen LogP contribution in [0.15, 0.2) is 36.7 Å². The Morgan fingerprint density at radius 3 is 2.84 bits per heavy atom. The summed E-state index contributed by atoms with van der Waals surface area (Å²) < 4.78 is 26.4. The number of hydrogen-bond donors (Lipinski definition) is 2. The Balaban J connectivity index is 2.21. The van der Waals surface area contributed by atoms with Gasteiger partial charge in [-0.1, -0.05) is 12.1 Å². The summed E-state index contributed by atoms with van der Waals surface area (Å²) in [7, 11) is -3.39. The van der Waals surface area contributed by atoms with Gasteiger partial charge in [0.15, 0.2) is 0 Å². The van der Waals surface area contributed by atoms with Gasteiger partial charge in [0.2, 0.25) is 10.0 Å². The largest absolute Gasteiger partial charge is 0.396 e. The zero-order chi connectivity index (χ0) is 13.7. The minimum absolute atomic E-state index is 0.00418. The Morgan fingerprint density at radius 2 is 2.05 bits per heavy atom. The Kier molecular flexibility index (Phi) is 4.34. The van der Waals surface area contributed by atoms with Crippen molar-refractivity contribution in [1.29, 1.82) is 0 Å². The second kappa shape index (κ2) is 5.99. The highest BCUT2D eigenvalue weighted by Gasteiger charge is 2.11. The fraction of sp³-hybridized carbons (Fsp3) is 0.308. The predicted octanol–water partition coefficient (Wildman–Crippen LogP) is 1.75. The molecule has 0 aliphatic heterocycles.